The van der Waals surface area contributed by atoms with Crippen LogP contribution in [0.15, 0.2) is 0 Å². The van der Waals surface area contributed by atoms with Gasteiger partial charge in [-0.25, -0.2) is 0 Å². The molecule has 2 unspecified atom stereocenters. The molecule has 1 fully saturated rings. The molecule has 2 atom stereocenters. The Hall–Kier alpha value is 0.0238. The molecule has 0 heterocycles. The first kappa shape index (κ1) is 28.1. The first-order valence-electron chi connectivity index (χ1n) is 12.2. The van der Waals surface area contributed by atoms with E-state index in [9.17, 15) is 15.0 Å². The van der Waals surface area contributed by atoms with Gasteiger partial charge in [-0.3, -0.25) is 4.79 Å². The Bertz CT molecular complexity index is 578. The molecule has 2 N–H and O–H groups in total. The van der Waals surface area contributed by atoms with E-state index in [-0.39, 0.29) is 26.9 Å². The third-order valence-corrected chi connectivity index (χ3v) is 21.2. The van der Waals surface area contributed by atoms with Gasteiger partial charge in [-0.15, -0.1) is 0 Å². The Morgan fingerprint density at radius 1 is 0.900 bits per heavy atom. The van der Waals surface area contributed by atoms with Crippen molar-refractivity contribution in [1.29, 1.82) is 0 Å². The highest BCUT2D eigenvalue weighted by molar-refractivity contribution is 6.81. The fourth-order valence-electron chi connectivity index (χ4n) is 4.72. The van der Waals surface area contributed by atoms with E-state index in [0.29, 0.717) is 18.1 Å². The van der Waals surface area contributed by atoms with Gasteiger partial charge in [0.15, 0.2) is 0 Å². The van der Waals surface area contributed by atoms with Crippen LogP contribution in [0.5, 0.6) is 0 Å². The quantitative estimate of drug-likeness (QED) is 0.358. The number of Topliss-reactive ketones (excluding diaryl/α,β-unsaturated/α-hetero) is 1. The lowest BCUT2D eigenvalue weighted by Gasteiger charge is -2.49. The van der Waals surface area contributed by atoms with E-state index >= 15 is 0 Å². The molecule has 1 aliphatic rings. The molecular formula is C25H52O3Si2. The summed E-state index contributed by atoms with van der Waals surface area (Å²) in [6.07, 6.45) is 5.97. The van der Waals surface area contributed by atoms with E-state index in [1.165, 1.54) is 0 Å². The van der Waals surface area contributed by atoms with E-state index in [1.54, 1.807) is 0 Å². The van der Waals surface area contributed by atoms with Gasteiger partial charge in [0, 0.05) is 23.3 Å². The third-order valence-electron chi connectivity index (χ3n) is 9.55. The monoisotopic (exact) mass is 456 g/mol. The number of rotatable bonds is 10. The molecule has 178 valence electrons. The number of aliphatic hydroxyl groups is 2. The van der Waals surface area contributed by atoms with Crippen molar-refractivity contribution in [2.75, 3.05) is 0 Å². The van der Waals surface area contributed by atoms with Gasteiger partial charge in [0.1, 0.15) is 5.78 Å². The molecule has 0 bridgehead atoms. The number of hydrogen-bond acceptors (Lipinski definition) is 3. The molecule has 0 spiro atoms. The molecule has 0 aromatic carbocycles. The van der Waals surface area contributed by atoms with Crippen molar-refractivity contribution in [2.45, 2.75) is 141 Å². The van der Waals surface area contributed by atoms with Crippen LogP contribution in [0, 0.1) is 11.3 Å². The predicted molar refractivity (Wildman–Crippen MR) is 135 cm³/mol. The second kappa shape index (κ2) is 9.48. The minimum Gasteiger partial charge on any atom is -0.397 e. The van der Waals surface area contributed by atoms with Crippen LogP contribution in [0.25, 0.3) is 0 Å². The van der Waals surface area contributed by atoms with Crippen LogP contribution in [0.1, 0.15) is 93.4 Å². The van der Waals surface area contributed by atoms with Crippen molar-refractivity contribution in [2.24, 2.45) is 11.3 Å². The van der Waals surface area contributed by atoms with Gasteiger partial charge in [-0.2, -0.15) is 0 Å². The zero-order valence-corrected chi connectivity index (χ0v) is 24.0. The van der Waals surface area contributed by atoms with Crippen molar-refractivity contribution in [3.8, 4) is 0 Å². The fraction of sp³-hybridized carbons (Fsp3) is 0.960. The van der Waals surface area contributed by atoms with Gasteiger partial charge in [0.05, 0.1) is 16.1 Å². The molecule has 5 heteroatoms. The highest BCUT2D eigenvalue weighted by Crippen LogP contribution is 2.53. The maximum atomic E-state index is 12.8. The first-order valence-corrected chi connectivity index (χ1v) is 18.4. The van der Waals surface area contributed by atoms with Crippen LogP contribution in [-0.2, 0) is 4.79 Å². The van der Waals surface area contributed by atoms with E-state index in [0.717, 1.165) is 38.5 Å². The summed E-state index contributed by atoms with van der Waals surface area (Å²) < 4.78 is 0. The van der Waals surface area contributed by atoms with E-state index < -0.39 is 16.1 Å². The van der Waals surface area contributed by atoms with Gasteiger partial charge in [0.25, 0.3) is 0 Å². The summed E-state index contributed by atoms with van der Waals surface area (Å²) in [5, 5.41) is 22.2. The fourth-order valence-corrected chi connectivity index (χ4v) is 8.48. The Balaban J connectivity index is 2.70. The maximum Gasteiger partial charge on any atom is 0.138 e. The minimum absolute atomic E-state index is 0.149. The van der Waals surface area contributed by atoms with Crippen LogP contribution >= 0.6 is 0 Å². The number of aliphatic hydroxyl groups excluding tert-OH is 2. The third kappa shape index (κ3) is 5.87. The molecule has 3 nitrogen and oxygen atoms in total. The average molecular weight is 457 g/mol. The van der Waals surface area contributed by atoms with Gasteiger partial charge >= 0.3 is 0 Å². The SMILES string of the molecule is CCC(=O)C1(CCC(O)[Si](C)(C)C(C)(C)C)CC(CCC(O)[Si](C)(C)C(C)(C)C)C1. The Morgan fingerprint density at radius 2 is 1.30 bits per heavy atom. The first-order chi connectivity index (χ1) is 13.3. The zero-order valence-electron chi connectivity index (χ0n) is 22.0. The molecular weight excluding hydrogens is 404 g/mol. The molecule has 0 aliphatic heterocycles. The summed E-state index contributed by atoms with van der Waals surface area (Å²) in [7, 11) is -3.55. The molecule has 0 aromatic heterocycles. The second-order valence-electron chi connectivity index (χ2n) is 13.4. The van der Waals surface area contributed by atoms with Crippen LogP contribution in [0.4, 0.5) is 0 Å². The smallest absolute Gasteiger partial charge is 0.138 e. The van der Waals surface area contributed by atoms with Crippen LogP contribution < -0.4 is 0 Å². The van der Waals surface area contributed by atoms with Crippen LogP contribution in [0.2, 0.25) is 36.3 Å². The number of carbonyl (C=O) groups excluding carboxylic acids is 1. The van der Waals surface area contributed by atoms with Crippen molar-refractivity contribution in [1.82, 2.24) is 0 Å². The highest BCUT2D eigenvalue weighted by atomic mass is 28.3. The Morgan fingerprint density at radius 3 is 1.67 bits per heavy atom. The van der Waals surface area contributed by atoms with E-state index in [4.69, 9.17) is 0 Å². The summed E-state index contributed by atoms with van der Waals surface area (Å²) in [6, 6.07) is 0. The van der Waals surface area contributed by atoms with Crippen LogP contribution in [0.3, 0.4) is 0 Å². The number of ketones is 1. The molecule has 1 rings (SSSR count). The minimum atomic E-state index is -1.81. The molecule has 1 saturated carbocycles. The Labute approximate surface area is 189 Å². The van der Waals surface area contributed by atoms with Gasteiger partial charge < -0.3 is 10.2 Å². The summed E-state index contributed by atoms with van der Waals surface area (Å²) in [5.41, 5.74) is -0.668. The lowest BCUT2D eigenvalue weighted by atomic mass is 9.56. The van der Waals surface area contributed by atoms with Gasteiger partial charge in [-0.05, 0) is 54.5 Å². The highest BCUT2D eigenvalue weighted by Gasteiger charge is 2.50. The Kier molecular flexibility index (Phi) is 8.87. The summed E-state index contributed by atoms with van der Waals surface area (Å²) in [6.45, 7) is 24.6. The lowest BCUT2D eigenvalue weighted by Crippen LogP contribution is -2.51. The molecule has 0 aromatic rings. The topological polar surface area (TPSA) is 57.5 Å². The molecule has 30 heavy (non-hydrogen) atoms. The lowest BCUT2D eigenvalue weighted by molar-refractivity contribution is -0.138. The summed E-state index contributed by atoms with van der Waals surface area (Å²) in [4.78, 5) is 12.8. The van der Waals surface area contributed by atoms with Crippen LogP contribution in [-0.4, -0.2) is 43.6 Å². The molecule has 0 radical (unpaired) electrons. The average Bonchev–Trinajstić information content (AvgIpc) is 2.56. The van der Waals surface area contributed by atoms with Crippen molar-refractivity contribution in [3.63, 3.8) is 0 Å². The zero-order chi connectivity index (χ0) is 23.8. The summed E-state index contributed by atoms with van der Waals surface area (Å²) >= 11 is 0. The normalized spacial score (nSPS) is 25.6. The van der Waals surface area contributed by atoms with E-state index in [1.807, 2.05) is 6.92 Å². The number of hydrogen-bond donors (Lipinski definition) is 2. The van der Waals surface area contributed by atoms with Crippen molar-refractivity contribution in [3.05, 3.63) is 0 Å². The number of carbonyl (C=O) groups is 1. The summed E-state index contributed by atoms with van der Waals surface area (Å²) in [5.74, 6) is 0.927. The van der Waals surface area contributed by atoms with Crippen molar-refractivity contribution >= 4 is 21.9 Å². The molecule has 0 saturated heterocycles. The second-order valence-corrected chi connectivity index (χ2v) is 24.6. The standard InChI is InChI=1S/C25H52O3Si2/c1-12-20(26)25(16-15-22(28)30(10,11)24(5,6)7)17-19(18-25)13-14-21(27)29(8,9)23(2,3)4/h19,21-22,27-28H,12-18H2,1-11H3. The van der Waals surface area contributed by atoms with Gasteiger partial charge in [0.2, 0.25) is 0 Å². The van der Waals surface area contributed by atoms with Crippen molar-refractivity contribution < 1.29 is 15.0 Å². The predicted octanol–water partition coefficient (Wildman–Crippen LogP) is 6.74. The maximum absolute atomic E-state index is 12.8. The molecule has 1 aliphatic carbocycles. The molecule has 0 amide bonds. The van der Waals surface area contributed by atoms with Gasteiger partial charge in [-0.1, -0.05) is 74.7 Å². The largest absolute Gasteiger partial charge is 0.397 e. The van der Waals surface area contributed by atoms with E-state index in [2.05, 4.69) is 67.7 Å².